The third-order valence-electron chi connectivity index (χ3n) is 2.20. The lowest BCUT2D eigenvalue weighted by molar-refractivity contribution is -0.103. The fraction of sp³-hybridized carbons (Fsp3) is 1.00. The van der Waals surface area contributed by atoms with Crippen LogP contribution in [0.15, 0.2) is 0 Å². The van der Waals surface area contributed by atoms with Crippen LogP contribution in [-0.4, -0.2) is 34.1 Å². The molecule has 1 fully saturated rings. The van der Waals surface area contributed by atoms with E-state index in [1.807, 2.05) is 20.8 Å². The molecule has 0 aromatic carbocycles. The summed E-state index contributed by atoms with van der Waals surface area (Å²) in [6, 6.07) is 0. The lowest BCUT2D eigenvalue weighted by atomic mass is 10.1. The molecule has 0 bridgehead atoms. The monoisotopic (exact) mass is 219 g/mol. The van der Waals surface area contributed by atoms with Crippen LogP contribution < -0.4 is 0 Å². The van der Waals surface area contributed by atoms with E-state index >= 15 is 0 Å². The maximum Gasteiger partial charge on any atom is 0.0589 e. The smallest absolute Gasteiger partial charge is 0.0589 e. The molecule has 2 N–H and O–H groups in total. The van der Waals surface area contributed by atoms with Crippen molar-refractivity contribution in [2.24, 2.45) is 0 Å². The highest BCUT2D eigenvalue weighted by Gasteiger charge is 2.05. The van der Waals surface area contributed by atoms with Gasteiger partial charge in [0, 0.05) is 13.1 Å². The first kappa shape index (κ1) is 17.3. The van der Waals surface area contributed by atoms with Gasteiger partial charge in [-0.3, -0.25) is 0 Å². The zero-order valence-corrected chi connectivity index (χ0v) is 11.1. The van der Waals surface area contributed by atoms with Crippen molar-refractivity contribution >= 4 is 0 Å². The predicted molar refractivity (Wildman–Crippen MR) is 65.1 cm³/mol. The van der Waals surface area contributed by atoms with Gasteiger partial charge in [0.2, 0.25) is 0 Å². The summed E-state index contributed by atoms with van der Waals surface area (Å²) < 4.78 is 0. The SMILES string of the molecule is CC.CCC(C)(C)O.ON1CCCCC1. The Morgan fingerprint density at radius 3 is 1.53 bits per heavy atom. The summed E-state index contributed by atoms with van der Waals surface area (Å²) in [5, 5.41) is 19.0. The topological polar surface area (TPSA) is 43.7 Å². The number of nitrogens with zero attached hydrogens (tertiary/aromatic N) is 1. The van der Waals surface area contributed by atoms with Crippen molar-refractivity contribution in [2.75, 3.05) is 13.1 Å². The second-order valence-electron chi connectivity index (χ2n) is 4.18. The van der Waals surface area contributed by atoms with E-state index in [-0.39, 0.29) is 0 Å². The largest absolute Gasteiger partial charge is 0.390 e. The molecule has 3 nitrogen and oxygen atoms in total. The van der Waals surface area contributed by atoms with Crippen LogP contribution in [0, 0.1) is 0 Å². The highest BCUT2D eigenvalue weighted by atomic mass is 16.5. The Labute approximate surface area is 95.1 Å². The first-order valence-corrected chi connectivity index (χ1v) is 6.12. The van der Waals surface area contributed by atoms with Crippen molar-refractivity contribution in [2.45, 2.75) is 65.9 Å². The van der Waals surface area contributed by atoms with Gasteiger partial charge in [-0.05, 0) is 33.1 Å². The summed E-state index contributed by atoms with van der Waals surface area (Å²) in [7, 11) is 0. The minimum absolute atomic E-state index is 0.458. The molecule has 1 rings (SSSR count). The molecule has 0 unspecified atom stereocenters. The number of hydroxylamine groups is 2. The molecule has 0 radical (unpaired) electrons. The van der Waals surface area contributed by atoms with Gasteiger partial charge in [0.25, 0.3) is 0 Å². The normalized spacial score (nSPS) is 17.0. The molecule has 15 heavy (non-hydrogen) atoms. The molecule has 0 saturated carbocycles. The quantitative estimate of drug-likeness (QED) is 0.712. The van der Waals surface area contributed by atoms with Crippen LogP contribution in [0.1, 0.15) is 60.3 Å². The van der Waals surface area contributed by atoms with Gasteiger partial charge in [-0.25, -0.2) is 0 Å². The first-order chi connectivity index (χ1) is 6.95. The van der Waals surface area contributed by atoms with Crippen LogP contribution in [0.2, 0.25) is 0 Å². The van der Waals surface area contributed by atoms with Crippen LogP contribution in [0.4, 0.5) is 0 Å². The maximum absolute atomic E-state index is 8.83. The number of hydrogen-bond acceptors (Lipinski definition) is 3. The average molecular weight is 219 g/mol. The lowest BCUT2D eigenvalue weighted by Gasteiger charge is -2.18. The third-order valence-corrected chi connectivity index (χ3v) is 2.20. The van der Waals surface area contributed by atoms with Gasteiger partial charge < -0.3 is 10.3 Å². The summed E-state index contributed by atoms with van der Waals surface area (Å²) in [5.41, 5.74) is -0.458. The average Bonchev–Trinajstić information content (AvgIpc) is 2.22. The molecule has 0 atom stereocenters. The third kappa shape index (κ3) is 16.5. The highest BCUT2D eigenvalue weighted by Crippen LogP contribution is 2.04. The molecule has 0 aromatic rings. The Morgan fingerprint density at radius 1 is 1.07 bits per heavy atom. The molecule has 94 valence electrons. The van der Waals surface area contributed by atoms with Gasteiger partial charge in [0.1, 0.15) is 0 Å². The fourth-order valence-corrected chi connectivity index (χ4v) is 0.877. The van der Waals surface area contributed by atoms with Crippen molar-refractivity contribution in [3.05, 3.63) is 0 Å². The van der Waals surface area contributed by atoms with E-state index in [1.54, 1.807) is 13.8 Å². The van der Waals surface area contributed by atoms with E-state index in [2.05, 4.69) is 0 Å². The van der Waals surface area contributed by atoms with Crippen LogP contribution in [0.5, 0.6) is 0 Å². The molecule has 3 heteroatoms. The first-order valence-electron chi connectivity index (χ1n) is 6.12. The Kier molecular flexibility index (Phi) is 12.0. The molecule has 0 spiro atoms. The van der Waals surface area contributed by atoms with Crippen molar-refractivity contribution in [3.63, 3.8) is 0 Å². The van der Waals surface area contributed by atoms with Gasteiger partial charge in [0.15, 0.2) is 0 Å². The molecule has 1 heterocycles. The molecular weight excluding hydrogens is 190 g/mol. The van der Waals surface area contributed by atoms with Crippen LogP contribution in [-0.2, 0) is 0 Å². The zero-order valence-electron chi connectivity index (χ0n) is 11.1. The van der Waals surface area contributed by atoms with E-state index in [1.165, 1.54) is 11.5 Å². The molecule has 0 aromatic heterocycles. The van der Waals surface area contributed by atoms with E-state index in [9.17, 15) is 0 Å². The molecule has 1 aliphatic heterocycles. The zero-order chi connectivity index (χ0) is 12.3. The summed E-state index contributed by atoms with van der Waals surface area (Å²) in [6.07, 6.45) is 4.44. The van der Waals surface area contributed by atoms with Crippen molar-refractivity contribution in [1.82, 2.24) is 5.06 Å². The lowest BCUT2D eigenvalue weighted by Crippen LogP contribution is -2.25. The van der Waals surface area contributed by atoms with Gasteiger partial charge in [0.05, 0.1) is 5.60 Å². The van der Waals surface area contributed by atoms with Crippen molar-refractivity contribution in [1.29, 1.82) is 0 Å². The van der Waals surface area contributed by atoms with Crippen molar-refractivity contribution < 1.29 is 10.3 Å². The number of rotatable bonds is 1. The minimum Gasteiger partial charge on any atom is -0.390 e. The second-order valence-corrected chi connectivity index (χ2v) is 4.18. The Morgan fingerprint density at radius 2 is 1.40 bits per heavy atom. The molecule has 1 saturated heterocycles. The molecule has 0 aliphatic carbocycles. The number of hydrogen-bond donors (Lipinski definition) is 2. The number of aliphatic hydroxyl groups is 1. The van der Waals surface area contributed by atoms with E-state index in [0.29, 0.717) is 0 Å². The molecule has 0 amide bonds. The number of piperidine rings is 1. The van der Waals surface area contributed by atoms with Gasteiger partial charge in [-0.2, -0.15) is 5.06 Å². The highest BCUT2D eigenvalue weighted by molar-refractivity contribution is 4.59. The summed E-state index contributed by atoms with van der Waals surface area (Å²) in [5.74, 6) is 0. The minimum atomic E-state index is -0.458. The standard InChI is InChI=1S/C5H11NO.C5H12O.C2H6/c7-6-4-2-1-3-5-6;1-4-5(2,3)6;1-2/h7H,1-5H2;6H,4H2,1-3H3;1-2H3. The van der Waals surface area contributed by atoms with E-state index in [0.717, 1.165) is 32.4 Å². The van der Waals surface area contributed by atoms with E-state index < -0.39 is 5.60 Å². The maximum atomic E-state index is 8.83. The Bertz CT molecular complexity index is 115. The van der Waals surface area contributed by atoms with Crippen molar-refractivity contribution in [3.8, 4) is 0 Å². The van der Waals surface area contributed by atoms with E-state index in [4.69, 9.17) is 10.3 Å². The van der Waals surface area contributed by atoms with Gasteiger partial charge >= 0.3 is 0 Å². The van der Waals surface area contributed by atoms with Crippen LogP contribution in [0.25, 0.3) is 0 Å². The van der Waals surface area contributed by atoms with Gasteiger partial charge in [-0.1, -0.05) is 27.2 Å². The fourth-order valence-electron chi connectivity index (χ4n) is 0.877. The molecular formula is C12H29NO2. The Balaban J connectivity index is 0. The van der Waals surface area contributed by atoms with Crippen LogP contribution >= 0.6 is 0 Å². The summed E-state index contributed by atoms with van der Waals surface area (Å²) >= 11 is 0. The van der Waals surface area contributed by atoms with Crippen LogP contribution in [0.3, 0.4) is 0 Å². The Hall–Kier alpha value is -0.120. The molecule has 1 aliphatic rings. The second kappa shape index (κ2) is 10.4. The predicted octanol–water partition coefficient (Wildman–Crippen LogP) is 3.06. The summed E-state index contributed by atoms with van der Waals surface area (Å²) in [6.45, 7) is 11.3. The summed E-state index contributed by atoms with van der Waals surface area (Å²) in [4.78, 5) is 0. The van der Waals surface area contributed by atoms with Gasteiger partial charge in [-0.15, -0.1) is 0 Å².